The molecule has 0 aromatic heterocycles. The summed E-state index contributed by atoms with van der Waals surface area (Å²) in [7, 11) is 0. The van der Waals surface area contributed by atoms with Gasteiger partial charge in [-0.05, 0) is 30.5 Å². The maximum atomic E-state index is 8.83. The Balaban J connectivity index is 2.61. The lowest BCUT2D eigenvalue weighted by Gasteiger charge is -2.13. The van der Waals surface area contributed by atoms with Gasteiger partial charge in [-0.15, -0.1) is 11.8 Å². The normalized spacial score (nSPS) is 11.2. The van der Waals surface area contributed by atoms with E-state index >= 15 is 0 Å². The molecule has 0 saturated carbocycles. The van der Waals surface area contributed by atoms with Crippen molar-refractivity contribution >= 4 is 23.4 Å². The van der Waals surface area contributed by atoms with Crippen LogP contribution in [0.25, 0.3) is 0 Å². The standard InChI is InChI=1S/C14H22ClNOS/c1-11(2)9-16-10-12-5-3-6-13(15)14(12)18-8-4-7-17/h3,5-6,11,16-17H,4,7-10H2,1-2H3. The fraction of sp³-hybridized carbons (Fsp3) is 0.571. The van der Waals surface area contributed by atoms with E-state index in [1.807, 2.05) is 12.1 Å². The van der Waals surface area contributed by atoms with Gasteiger partial charge in [0.25, 0.3) is 0 Å². The highest BCUT2D eigenvalue weighted by Crippen LogP contribution is 2.31. The van der Waals surface area contributed by atoms with Crippen molar-refractivity contribution in [2.24, 2.45) is 5.92 Å². The Labute approximate surface area is 119 Å². The molecular formula is C14H22ClNOS. The number of rotatable bonds is 8. The van der Waals surface area contributed by atoms with Crippen LogP contribution in [-0.2, 0) is 6.54 Å². The van der Waals surface area contributed by atoms with E-state index in [4.69, 9.17) is 16.7 Å². The van der Waals surface area contributed by atoms with Crippen LogP contribution in [0.4, 0.5) is 0 Å². The summed E-state index contributed by atoms with van der Waals surface area (Å²) in [6.07, 6.45) is 0.800. The topological polar surface area (TPSA) is 32.3 Å². The number of hydrogen-bond acceptors (Lipinski definition) is 3. The van der Waals surface area contributed by atoms with Crippen molar-refractivity contribution in [3.05, 3.63) is 28.8 Å². The van der Waals surface area contributed by atoms with Gasteiger partial charge in [-0.2, -0.15) is 0 Å². The monoisotopic (exact) mass is 287 g/mol. The molecule has 1 rings (SSSR count). The Morgan fingerprint density at radius 3 is 2.83 bits per heavy atom. The molecule has 1 aromatic rings. The molecule has 0 fully saturated rings. The number of aliphatic hydroxyl groups excluding tert-OH is 1. The van der Waals surface area contributed by atoms with Gasteiger partial charge >= 0.3 is 0 Å². The quantitative estimate of drug-likeness (QED) is 0.566. The third kappa shape index (κ3) is 5.61. The van der Waals surface area contributed by atoms with Gasteiger partial charge in [0.2, 0.25) is 0 Å². The van der Waals surface area contributed by atoms with Crippen molar-refractivity contribution in [1.29, 1.82) is 0 Å². The van der Waals surface area contributed by atoms with Gasteiger partial charge < -0.3 is 10.4 Å². The predicted octanol–water partition coefficient (Wildman–Crippen LogP) is 3.56. The first-order valence-electron chi connectivity index (χ1n) is 6.37. The molecule has 102 valence electrons. The van der Waals surface area contributed by atoms with E-state index in [1.54, 1.807) is 11.8 Å². The van der Waals surface area contributed by atoms with E-state index < -0.39 is 0 Å². The summed E-state index contributed by atoms with van der Waals surface area (Å²) >= 11 is 7.96. The van der Waals surface area contributed by atoms with E-state index in [2.05, 4.69) is 25.2 Å². The number of aliphatic hydroxyl groups is 1. The van der Waals surface area contributed by atoms with Crippen molar-refractivity contribution in [2.45, 2.75) is 31.7 Å². The summed E-state index contributed by atoms with van der Waals surface area (Å²) in [4.78, 5) is 1.14. The van der Waals surface area contributed by atoms with Crippen LogP contribution in [0, 0.1) is 5.92 Å². The van der Waals surface area contributed by atoms with Crippen LogP contribution in [-0.4, -0.2) is 24.0 Å². The summed E-state index contributed by atoms with van der Waals surface area (Å²) < 4.78 is 0. The van der Waals surface area contributed by atoms with Crippen molar-refractivity contribution in [3.8, 4) is 0 Å². The fourth-order valence-electron chi connectivity index (χ4n) is 1.59. The molecule has 0 atom stereocenters. The lowest BCUT2D eigenvalue weighted by atomic mass is 10.2. The van der Waals surface area contributed by atoms with Gasteiger partial charge in [-0.1, -0.05) is 37.6 Å². The largest absolute Gasteiger partial charge is 0.396 e. The maximum absolute atomic E-state index is 8.83. The first-order chi connectivity index (χ1) is 8.65. The third-order valence-corrected chi connectivity index (χ3v) is 4.16. The molecule has 4 heteroatoms. The average Bonchev–Trinajstić information content (AvgIpc) is 2.32. The SMILES string of the molecule is CC(C)CNCc1cccc(Cl)c1SCCCO. The van der Waals surface area contributed by atoms with E-state index in [9.17, 15) is 0 Å². The second kappa shape index (κ2) is 8.81. The van der Waals surface area contributed by atoms with Gasteiger partial charge in [0.15, 0.2) is 0 Å². The first-order valence-corrected chi connectivity index (χ1v) is 7.73. The highest BCUT2D eigenvalue weighted by molar-refractivity contribution is 7.99. The first kappa shape index (κ1) is 15.8. The van der Waals surface area contributed by atoms with Crippen LogP contribution in [0.3, 0.4) is 0 Å². The number of thioether (sulfide) groups is 1. The van der Waals surface area contributed by atoms with Crippen molar-refractivity contribution in [3.63, 3.8) is 0 Å². The molecule has 2 nitrogen and oxygen atoms in total. The lowest BCUT2D eigenvalue weighted by molar-refractivity contribution is 0.296. The highest BCUT2D eigenvalue weighted by Gasteiger charge is 2.07. The maximum Gasteiger partial charge on any atom is 0.0545 e. The highest BCUT2D eigenvalue weighted by atomic mass is 35.5. The van der Waals surface area contributed by atoms with E-state index in [0.29, 0.717) is 5.92 Å². The van der Waals surface area contributed by atoms with E-state index in [1.165, 1.54) is 5.56 Å². The molecule has 2 N–H and O–H groups in total. The molecule has 1 aromatic carbocycles. The van der Waals surface area contributed by atoms with Gasteiger partial charge in [-0.25, -0.2) is 0 Å². The number of halogens is 1. The third-order valence-electron chi connectivity index (χ3n) is 2.47. The Bertz CT molecular complexity index is 358. The van der Waals surface area contributed by atoms with Crippen LogP contribution < -0.4 is 5.32 Å². The molecule has 0 aliphatic rings. The Hall–Kier alpha value is -0.220. The van der Waals surface area contributed by atoms with Crippen molar-refractivity contribution < 1.29 is 5.11 Å². The Kier molecular flexibility index (Phi) is 7.75. The molecule has 0 heterocycles. The molecule has 0 bridgehead atoms. The van der Waals surface area contributed by atoms with E-state index in [-0.39, 0.29) is 6.61 Å². The van der Waals surface area contributed by atoms with Crippen molar-refractivity contribution in [1.82, 2.24) is 5.32 Å². The minimum atomic E-state index is 0.235. The van der Waals surface area contributed by atoms with Gasteiger partial charge in [-0.3, -0.25) is 0 Å². The second-order valence-corrected chi connectivity index (χ2v) is 6.19. The van der Waals surface area contributed by atoms with E-state index in [0.717, 1.165) is 35.2 Å². The smallest absolute Gasteiger partial charge is 0.0545 e. The van der Waals surface area contributed by atoms with Gasteiger partial charge in [0.05, 0.1) is 5.02 Å². The Morgan fingerprint density at radius 2 is 2.17 bits per heavy atom. The molecule has 0 aliphatic carbocycles. The summed E-state index contributed by atoms with van der Waals surface area (Å²) in [5.74, 6) is 1.55. The minimum absolute atomic E-state index is 0.235. The van der Waals surface area contributed by atoms with Gasteiger partial charge in [0.1, 0.15) is 0 Å². The number of nitrogens with one attached hydrogen (secondary N) is 1. The molecule has 18 heavy (non-hydrogen) atoms. The van der Waals surface area contributed by atoms with Crippen LogP contribution >= 0.6 is 23.4 Å². The fourth-order valence-corrected chi connectivity index (χ4v) is 2.96. The molecule has 0 unspecified atom stereocenters. The summed E-state index contributed by atoms with van der Waals surface area (Å²) in [5, 5.41) is 13.1. The minimum Gasteiger partial charge on any atom is -0.396 e. The van der Waals surface area contributed by atoms with Gasteiger partial charge in [0, 0.05) is 23.8 Å². The zero-order chi connectivity index (χ0) is 13.4. The molecular weight excluding hydrogens is 266 g/mol. The lowest BCUT2D eigenvalue weighted by Crippen LogP contribution is -2.19. The molecule has 0 saturated heterocycles. The molecule has 0 aliphatic heterocycles. The predicted molar refractivity (Wildman–Crippen MR) is 80.4 cm³/mol. The summed E-state index contributed by atoms with van der Waals surface area (Å²) in [5.41, 5.74) is 1.24. The number of benzene rings is 1. The summed E-state index contributed by atoms with van der Waals surface area (Å²) in [6, 6.07) is 6.03. The molecule has 0 radical (unpaired) electrons. The van der Waals surface area contributed by atoms with Crippen LogP contribution in [0.15, 0.2) is 23.1 Å². The second-order valence-electron chi connectivity index (χ2n) is 4.68. The average molecular weight is 288 g/mol. The van der Waals surface area contributed by atoms with Crippen molar-refractivity contribution in [2.75, 3.05) is 18.9 Å². The van der Waals surface area contributed by atoms with Crippen LogP contribution in [0.5, 0.6) is 0 Å². The zero-order valence-electron chi connectivity index (χ0n) is 11.1. The van der Waals surface area contributed by atoms with Crippen LogP contribution in [0.1, 0.15) is 25.8 Å². The summed E-state index contributed by atoms with van der Waals surface area (Å²) in [6.45, 7) is 6.48. The zero-order valence-corrected chi connectivity index (χ0v) is 12.7. The molecule has 0 amide bonds. The van der Waals surface area contributed by atoms with Crippen LogP contribution in [0.2, 0.25) is 5.02 Å². The Morgan fingerprint density at radius 1 is 1.39 bits per heavy atom. The number of hydrogen-bond donors (Lipinski definition) is 2. The molecule has 0 spiro atoms.